The van der Waals surface area contributed by atoms with E-state index in [-0.39, 0.29) is 16.4 Å². The molecule has 0 radical (unpaired) electrons. The number of hydrogen-bond acceptors (Lipinski definition) is 7. The molecule has 0 aromatic heterocycles. The van der Waals surface area contributed by atoms with E-state index in [0.29, 0.717) is 6.42 Å². The minimum atomic E-state index is -3.63. The molecular formula is C13H17NO7S2. The van der Waals surface area contributed by atoms with Crippen molar-refractivity contribution in [2.24, 2.45) is 0 Å². The Bertz CT molecular complexity index is 728. The first-order chi connectivity index (χ1) is 10.7. The zero-order valence-electron chi connectivity index (χ0n) is 12.7. The summed E-state index contributed by atoms with van der Waals surface area (Å²) in [5.74, 6) is -1.25. The molecular weight excluding hydrogens is 346 g/mol. The second-order valence-electron chi connectivity index (χ2n) is 4.72. The summed E-state index contributed by atoms with van der Waals surface area (Å²) in [5, 5.41) is 11.1. The van der Waals surface area contributed by atoms with Gasteiger partial charge in [0.1, 0.15) is 10.6 Å². The van der Waals surface area contributed by atoms with Crippen LogP contribution in [0.3, 0.4) is 0 Å². The Morgan fingerprint density at radius 2 is 2.04 bits per heavy atom. The number of benzene rings is 1. The van der Waals surface area contributed by atoms with Crippen LogP contribution in [0.1, 0.15) is 19.8 Å². The Balaban J connectivity index is 3.01. The first-order valence-corrected chi connectivity index (χ1v) is 9.90. The van der Waals surface area contributed by atoms with Crippen molar-refractivity contribution < 1.29 is 27.1 Å². The molecule has 8 nitrogen and oxygen atoms in total. The molecule has 0 aliphatic carbocycles. The summed E-state index contributed by atoms with van der Waals surface area (Å²) in [4.78, 5) is 21.3. The van der Waals surface area contributed by atoms with E-state index < -0.39 is 43.0 Å². The van der Waals surface area contributed by atoms with Gasteiger partial charge in [0.05, 0.1) is 27.2 Å². The summed E-state index contributed by atoms with van der Waals surface area (Å²) in [7, 11) is -5.63. The molecule has 128 valence electrons. The maximum Gasteiger partial charge on any atom is 0.318 e. The van der Waals surface area contributed by atoms with Gasteiger partial charge in [0.25, 0.3) is 5.69 Å². The highest BCUT2D eigenvalue weighted by atomic mass is 32.2. The molecule has 23 heavy (non-hydrogen) atoms. The number of unbranched alkanes of at least 4 members (excludes halogenated alkanes) is 1. The highest BCUT2D eigenvalue weighted by Crippen LogP contribution is 2.26. The maximum atomic E-state index is 12.1. The zero-order valence-corrected chi connectivity index (χ0v) is 14.3. The Hall–Kier alpha value is -1.81. The third-order valence-electron chi connectivity index (χ3n) is 2.81. The third kappa shape index (κ3) is 5.71. The van der Waals surface area contributed by atoms with E-state index in [1.54, 1.807) is 0 Å². The van der Waals surface area contributed by atoms with E-state index in [9.17, 15) is 27.5 Å². The number of ether oxygens (including phenoxy) is 1. The van der Waals surface area contributed by atoms with Crippen LogP contribution in [0.5, 0.6) is 0 Å². The average molecular weight is 363 g/mol. The summed E-state index contributed by atoms with van der Waals surface area (Å²) >= 11 is 0. The molecule has 0 bridgehead atoms. The lowest BCUT2D eigenvalue weighted by Gasteiger charge is -2.06. The van der Waals surface area contributed by atoms with Crippen molar-refractivity contribution in [1.82, 2.24) is 0 Å². The van der Waals surface area contributed by atoms with Crippen LogP contribution in [-0.4, -0.2) is 42.1 Å². The van der Waals surface area contributed by atoms with E-state index >= 15 is 0 Å². The quantitative estimate of drug-likeness (QED) is 0.296. The fraction of sp³-hybridized carbons (Fsp3) is 0.462. The van der Waals surface area contributed by atoms with Crippen LogP contribution in [0.25, 0.3) is 0 Å². The Labute approximate surface area is 136 Å². The second-order valence-corrected chi connectivity index (χ2v) is 8.16. The van der Waals surface area contributed by atoms with Crippen LogP contribution >= 0.6 is 0 Å². The standard InChI is InChI=1S/C13H17NO7S2/c1-3-4-7-21-13(15)9-22(18)12-6-5-10(23(2,19)20)8-11(12)14(16)17/h5-6,8H,3-4,7,9H2,1-2H3. The van der Waals surface area contributed by atoms with E-state index in [0.717, 1.165) is 30.9 Å². The van der Waals surface area contributed by atoms with Gasteiger partial charge in [-0.2, -0.15) is 0 Å². The van der Waals surface area contributed by atoms with Crippen molar-refractivity contribution in [1.29, 1.82) is 0 Å². The van der Waals surface area contributed by atoms with E-state index in [1.165, 1.54) is 0 Å². The van der Waals surface area contributed by atoms with Gasteiger partial charge in [-0.05, 0) is 18.6 Å². The average Bonchev–Trinajstić information content (AvgIpc) is 2.45. The van der Waals surface area contributed by atoms with Crippen molar-refractivity contribution in [3.05, 3.63) is 28.3 Å². The van der Waals surface area contributed by atoms with Gasteiger partial charge < -0.3 is 4.74 Å². The van der Waals surface area contributed by atoms with E-state index in [4.69, 9.17) is 4.74 Å². The largest absolute Gasteiger partial charge is 0.465 e. The van der Waals surface area contributed by atoms with Crippen LogP contribution in [0.2, 0.25) is 0 Å². The number of esters is 1. The molecule has 0 saturated heterocycles. The van der Waals surface area contributed by atoms with Crippen LogP contribution in [0, 0.1) is 10.1 Å². The number of nitrogens with zero attached hydrogens (tertiary/aromatic N) is 1. The highest BCUT2D eigenvalue weighted by Gasteiger charge is 2.24. The highest BCUT2D eigenvalue weighted by molar-refractivity contribution is 7.90. The van der Waals surface area contributed by atoms with Crippen molar-refractivity contribution in [3.8, 4) is 0 Å². The molecule has 1 unspecified atom stereocenters. The van der Waals surface area contributed by atoms with Crippen LogP contribution in [0.4, 0.5) is 5.69 Å². The number of nitro benzene ring substituents is 1. The summed E-state index contributed by atoms with van der Waals surface area (Å²) in [6.07, 6.45) is 2.41. The normalized spacial score (nSPS) is 12.6. The maximum absolute atomic E-state index is 12.1. The molecule has 0 amide bonds. The van der Waals surface area contributed by atoms with Crippen LogP contribution in [-0.2, 0) is 30.2 Å². The van der Waals surface area contributed by atoms with Gasteiger partial charge in [-0.15, -0.1) is 0 Å². The lowest BCUT2D eigenvalue weighted by Crippen LogP contribution is -2.16. The van der Waals surface area contributed by atoms with Gasteiger partial charge in [0.2, 0.25) is 0 Å². The van der Waals surface area contributed by atoms with Crippen LogP contribution < -0.4 is 0 Å². The Morgan fingerprint density at radius 3 is 2.57 bits per heavy atom. The molecule has 0 aliphatic rings. The minimum absolute atomic E-state index is 0.196. The fourth-order valence-electron chi connectivity index (χ4n) is 1.62. The number of sulfone groups is 1. The SMILES string of the molecule is CCCCOC(=O)CS(=O)c1ccc(S(C)(=O)=O)cc1[N+](=O)[O-]. The predicted octanol–water partition coefficient (Wildman–Crippen LogP) is 1.45. The van der Waals surface area contributed by atoms with Crippen molar-refractivity contribution in [3.63, 3.8) is 0 Å². The van der Waals surface area contributed by atoms with Gasteiger partial charge in [-0.1, -0.05) is 13.3 Å². The Morgan fingerprint density at radius 1 is 1.39 bits per heavy atom. The fourth-order valence-corrected chi connectivity index (χ4v) is 3.30. The molecule has 0 fully saturated rings. The first-order valence-electron chi connectivity index (χ1n) is 6.69. The number of carbonyl (C=O) groups is 1. The first kappa shape index (κ1) is 19.2. The zero-order chi connectivity index (χ0) is 17.6. The molecule has 1 rings (SSSR count). The summed E-state index contributed by atoms with van der Waals surface area (Å²) < 4.78 is 39.9. The van der Waals surface area contributed by atoms with Crippen LogP contribution in [0.15, 0.2) is 28.0 Å². The minimum Gasteiger partial charge on any atom is -0.465 e. The summed E-state index contributed by atoms with van der Waals surface area (Å²) in [5.41, 5.74) is -0.604. The topological polar surface area (TPSA) is 121 Å². The van der Waals surface area contributed by atoms with E-state index in [1.807, 2.05) is 6.92 Å². The smallest absolute Gasteiger partial charge is 0.318 e. The number of rotatable bonds is 8. The third-order valence-corrected chi connectivity index (χ3v) is 5.25. The summed E-state index contributed by atoms with van der Waals surface area (Å²) in [6, 6.07) is 3.05. The second kappa shape index (κ2) is 8.16. The van der Waals surface area contributed by atoms with E-state index in [2.05, 4.69) is 0 Å². The molecule has 10 heteroatoms. The monoisotopic (exact) mass is 363 g/mol. The summed E-state index contributed by atoms with van der Waals surface area (Å²) in [6.45, 7) is 2.11. The number of carbonyl (C=O) groups excluding carboxylic acids is 1. The van der Waals surface area contributed by atoms with Crippen molar-refractivity contribution >= 4 is 32.3 Å². The van der Waals surface area contributed by atoms with Crippen molar-refractivity contribution in [2.45, 2.75) is 29.6 Å². The molecule has 1 aromatic rings. The van der Waals surface area contributed by atoms with Gasteiger partial charge >= 0.3 is 5.97 Å². The predicted molar refractivity (Wildman–Crippen MR) is 83.3 cm³/mol. The lowest BCUT2D eigenvalue weighted by atomic mass is 10.3. The van der Waals surface area contributed by atoms with Gasteiger partial charge in [0, 0.05) is 12.3 Å². The molecule has 0 spiro atoms. The Kier molecular flexibility index (Phi) is 6.82. The number of hydrogen-bond donors (Lipinski definition) is 0. The van der Waals surface area contributed by atoms with Gasteiger partial charge in [-0.25, -0.2) is 8.42 Å². The number of nitro groups is 1. The molecule has 0 N–H and O–H groups in total. The molecule has 1 aromatic carbocycles. The van der Waals surface area contributed by atoms with Gasteiger partial charge in [-0.3, -0.25) is 19.1 Å². The molecule has 0 heterocycles. The van der Waals surface area contributed by atoms with Gasteiger partial charge in [0.15, 0.2) is 9.84 Å². The lowest BCUT2D eigenvalue weighted by molar-refractivity contribution is -0.388. The van der Waals surface area contributed by atoms with Crippen molar-refractivity contribution in [2.75, 3.05) is 18.6 Å². The molecule has 0 saturated carbocycles. The molecule has 1 atom stereocenters. The molecule has 0 aliphatic heterocycles.